The number of aromatic nitrogens is 1. The van der Waals surface area contributed by atoms with E-state index in [2.05, 4.69) is 21.3 Å². The molecule has 0 bridgehead atoms. The summed E-state index contributed by atoms with van der Waals surface area (Å²) in [6.07, 6.45) is 11.3. The van der Waals surface area contributed by atoms with E-state index in [-0.39, 0.29) is 29.5 Å². The lowest BCUT2D eigenvalue weighted by Crippen LogP contribution is -2.46. The van der Waals surface area contributed by atoms with E-state index < -0.39 is 11.7 Å². The van der Waals surface area contributed by atoms with Crippen LogP contribution in [-0.2, 0) is 9.53 Å². The van der Waals surface area contributed by atoms with Crippen molar-refractivity contribution < 1.29 is 18.3 Å². The van der Waals surface area contributed by atoms with Gasteiger partial charge in [-0.3, -0.25) is 14.7 Å². The average molecular weight is 509 g/mol. The van der Waals surface area contributed by atoms with Crippen LogP contribution < -0.4 is 5.32 Å². The number of rotatable bonds is 4. The van der Waals surface area contributed by atoms with Crippen LogP contribution in [0.25, 0.3) is 11.5 Å². The molecule has 2 aliphatic carbocycles. The summed E-state index contributed by atoms with van der Waals surface area (Å²) < 4.78 is 35.6. The van der Waals surface area contributed by atoms with Gasteiger partial charge in [0.15, 0.2) is 11.7 Å². The van der Waals surface area contributed by atoms with E-state index in [1.807, 2.05) is 18.9 Å². The van der Waals surface area contributed by atoms with Gasteiger partial charge in [-0.05, 0) is 63.2 Å². The fourth-order valence-corrected chi connectivity index (χ4v) is 6.78. The van der Waals surface area contributed by atoms with E-state index in [1.54, 1.807) is 24.5 Å². The second kappa shape index (κ2) is 9.71. The molecule has 4 heterocycles. The molecule has 8 heteroatoms. The fourth-order valence-electron chi connectivity index (χ4n) is 6.78. The van der Waals surface area contributed by atoms with Gasteiger partial charge in [0.2, 0.25) is 0 Å². The van der Waals surface area contributed by atoms with Crippen molar-refractivity contribution in [3.63, 3.8) is 0 Å². The van der Waals surface area contributed by atoms with Crippen LogP contribution in [0.15, 0.2) is 53.2 Å². The highest BCUT2D eigenvalue weighted by molar-refractivity contribution is 5.87. The monoisotopic (exact) mass is 508 g/mol. The number of allylic oxidation sites excluding steroid dienone is 1. The summed E-state index contributed by atoms with van der Waals surface area (Å²) in [7, 11) is 1.94. The largest absolute Gasteiger partial charge is 0.466 e. The first-order valence-corrected chi connectivity index (χ1v) is 13.5. The lowest BCUT2D eigenvalue weighted by atomic mass is 9.83. The Morgan fingerprint density at radius 2 is 2.03 bits per heavy atom. The highest BCUT2D eigenvalue weighted by Gasteiger charge is 2.43. The Hall–Kier alpha value is -3.00. The summed E-state index contributed by atoms with van der Waals surface area (Å²) in [6, 6.07) is 3.80. The van der Waals surface area contributed by atoms with E-state index in [9.17, 15) is 4.79 Å². The van der Waals surface area contributed by atoms with Crippen LogP contribution in [0.3, 0.4) is 0 Å². The van der Waals surface area contributed by atoms with Crippen molar-refractivity contribution in [3.8, 4) is 0 Å². The number of carbonyl (C=O) groups excluding carboxylic acids is 1. The number of hydrogen-bond acceptors (Lipinski definition) is 6. The number of fused-ring (bicyclic) bond motifs is 2. The highest BCUT2D eigenvalue weighted by atomic mass is 19.2. The molecule has 0 amide bonds. The predicted octanol–water partition coefficient (Wildman–Crippen LogP) is 4.73. The van der Waals surface area contributed by atoms with Gasteiger partial charge in [-0.15, -0.1) is 0 Å². The molecule has 1 fully saturated rings. The summed E-state index contributed by atoms with van der Waals surface area (Å²) in [6.45, 7) is 4.17. The van der Waals surface area contributed by atoms with Gasteiger partial charge >= 0.3 is 5.97 Å². The molecule has 3 aliphatic heterocycles. The van der Waals surface area contributed by atoms with Gasteiger partial charge in [-0.2, -0.15) is 0 Å². The SMILES string of the molecule is CCOC(=O)C1CCC(N2CC=C(C3CC4C5=C(N3)c3ncccc3C(F)=C(F)C5=CN4C)CC2)CC1. The standard InChI is InChI=1S/C29H34F2N4O2/c1-3-37-29(36)18-6-8-19(9-7-18)35-13-10-17(11-14-35)22-15-23-24-21(16-34(23)2)26(31)25(30)20-5-4-12-32-27(20)28(24)33-22/h4-5,10,12,16,18-19,22-23,33H,3,6-9,11,13-15H2,1-2H3. The Labute approximate surface area is 216 Å². The van der Waals surface area contributed by atoms with Gasteiger partial charge in [0, 0.05) is 61.3 Å². The third-order valence-electron chi connectivity index (χ3n) is 8.76. The number of nitrogens with one attached hydrogen (secondary N) is 1. The first-order valence-electron chi connectivity index (χ1n) is 13.5. The van der Waals surface area contributed by atoms with Crippen LogP contribution in [0.5, 0.6) is 0 Å². The maximum atomic E-state index is 15.2. The average Bonchev–Trinajstić information content (AvgIpc) is 3.24. The second-order valence-corrected chi connectivity index (χ2v) is 10.8. The third-order valence-corrected chi connectivity index (χ3v) is 8.76. The Balaban J connectivity index is 1.19. The molecule has 2 unspecified atom stereocenters. The summed E-state index contributed by atoms with van der Waals surface area (Å²) in [5, 5.41) is 3.66. The van der Waals surface area contributed by atoms with Crippen molar-refractivity contribution in [2.24, 2.45) is 5.92 Å². The molecule has 37 heavy (non-hydrogen) atoms. The Bertz CT molecular complexity index is 1230. The normalized spacial score (nSPS) is 29.7. The van der Waals surface area contributed by atoms with Crippen molar-refractivity contribution in [2.75, 3.05) is 26.7 Å². The van der Waals surface area contributed by atoms with Crippen LogP contribution in [-0.4, -0.2) is 65.6 Å². The molecule has 1 saturated carbocycles. The first-order chi connectivity index (χ1) is 18.0. The Morgan fingerprint density at radius 3 is 2.76 bits per heavy atom. The summed E-state index contributed by atoms with van der Waals surface area (Å²) in [5.41, 5.74) is 3.91. The number of likely N-dealkylation sites (N-methyl/N-ethyl adjacent to an activating group) is 1. The number of esters is 1. The minimum Gasteiger partial charge on any atom is -0.466 e. The topological polar surface area (TPSA) is 57.7 Å². The van der Waals surface area contributed by atoms with Crippen LogP contribution >= 0.6 is 0 Å². The van der Waals surface area contributed by atoms with E-state index in [1.165, 1.54) is 5.57 Å². The Morgan fingerprint density at radius 1 is 1.22 bits per heavy atom. The third kappa shape index (κ3) is 4.19. The number of halogens is 2. The molecular formula is C29H34F2N4O2. The van der Waals surface area contributed by atoms with E-state index >= 15 is 8.78 Å². The summed E-state index contributed by atoms with van der Waals surface area (Å²) in [5.74, 6) is -1.65. The molecule has 6 nitrogen and oxygen atoms in total. The number of pyridine rings is 1. The van der Waals surface area contributed by atoms with Crippen molar-refractivity contribution in [3.05, 3.63) is 64.4 Å². The second-order valence-electron chi connectivity index (χ2n) is 10.8. The minimum absolute atomic E-state index is 0.0279. The maximum Gasteiger partial charge on any atom is 0.308 e. The molecule has 0 saturated heterocycles. The predicted molar refractivity (Wildman–Crippen MR) is 138 cm³/mol. The van der Waals surface area contributed by atoms with Gasteiger partial charge in [-0.25, -0.2) is 8.78 Å². The van der Waals surface area contributed by atoms with Crippen LogP contribution in [0.2, 0.25) is 0 Å². The quantitative estimate of drug-likeness (QED) is 0.469. The number of carbonyl (C=O) groups is 1. The smallest absolute Gasteiger partial charge is 0.308 e. The summed E-state index contributed by atoms with van der Waals surface area (Å²) >= 11 is 0. The van der Waals surface area contributed by atoms with Crippen molar-refractivity contribution in [2.45, 2.75) is 63.6 Å². The molecule has 6 rings (SSSR count). The van der Waals surface area contributed by atoms with Crippen LogP contribution in [0.1, 0.15) is 56.7 Å². The van der Waals surface area contributed by atoms with Crippen molar-refractivity contribution >= 4 is 17.5 Å². The zero-order chi connectivity index (χ0) is 25.7. The number of hydrogen-bond donors (Lipinski definition) is 1. The molecule has 5 aliphatic rings. The Kier molecular flexibility index (Phi) is 6.39. The van der Waals surface area contributed by atoms with Gasteiger partial charge < -0.3 is 15.0 Å². The van der Waals surface area contributed by atoms with Gasteiger partial charge in [0.1, 0.15) is 0 Å². The van der Waals surface area contributed by atoms with Crippen LogP contribution in [0, 0.1) is 5.92 Å². The molecule has 1 aromatic heterocycles. The maximum absolute atomic E-state index is 15.2. The molecule has 1 N–H and O–H groups in total. The molecule has 1 aromatic rings. The lowest BCUT2D eigenvalue weighted by Gasteiger charge is -2.41. The van der Waals surface area contributed by atoms with E-state index in [0.717, 1.165) is 62.9 Å². The molecule has 0 aromatic carbocycles. The van der Waals surface area contributed by atoms with Gasteiger partial charge in [0.05, 0.1) is 30.0 Å². The highest BCUT2D eigenvalue weighted by Crippen LogP contribution is 2.47. The van der Waals surface area contributed by atoms with Crippen LogP contribution in [0.4, 0.5) is 8.78 Å². The minimum atomic E-state index is -0.846. The van der Waals surface area contributed by atoms with Crippen molar-refractivity contribution in [1.82, 2.24) is 20.1 Å². The lowest BCUT2D eigenvalue weighted by molar-refractivity contribution is -0.149. The molecule has 0 radical (unpaired) electrons. The molecule has 2 atom stereocenters. The van der Waals surface area contributed by atoms with Crippen molar-refractivity contribution in [1.29, 1.82) is 0 Å². The number of nitrogens with zero attached hydrogens (tertiary/aromatic N) is 3. The molecule has 196 valence electrons. The van der Waals surface area contributed by atoms with Gasteiger partial charge in [-0.1, -0.05) is 6.08 Å². The van der Waals surface area contributed by atoms with E-state index in [0.29, 0.717) is 23.9 Å². The fraction of sp³-hybridized carbons (Fsp3) is 0.517. The van der Waals surface area contributed by atoms with E-state index in [4.69, 9.17) is 4.74 Å². The first kappa shape index (κ1) is 24.3. The van der Waals surface area contributed by atoms with Gasteiger partial charge in [0.25, 0.3) is 0 Å². The number of ether oxygens (including phenoxy) is 1. The molecular weight excluding hydrogens is 474 g/mol. The molecule has 0 spiro atoms. The zero-order valence-corrected chi connectivity index (χ0v) is 21.5. The summed E-state index contributed by atoms with van der Waals surface area (Å²) in [4.78, 5) is 21.1. The zero-order valence-electron chi connectivity index (χ0n) is 21.5.